The molecule has 3 heteroatoms. The minimum atomic E-state index is 0.897. The van der Waals surface area contributed by atoms with E-state index in [0.29, 0.717) is 0 Å². The maximum atomic E-state index is 5.84. The van der Waals surface area contributed by atoms with Gasteiger partial charge in [-0.05, 0) is 38.6 Å². The molecule has 1 heterocycles. The molecule has 0 radical (unpaired) electrons. The van der Waals surface area contributed by atoms with Gasteiger partial charge in [0.2, 0.25) is 0 Å². The highest BCUT2D eigenvalue weighted by Crippen LogP contribution is 2.25. The molecule has 0 saturated heterocycles. The Bertz CT molecular complexity index is 232. The van der Waals surface area contributed by atoms with Crippen LogP contribution in [0.4, 0.5) is 0 Å². The van der Waals surface area contributed by atoms with Gasteiger partial charge in [-0.25, -0.2) is 0 Å². The van der Waals surface area contributed by atoms with Crippen LogP contribution in [-0.4, -0.2) is 13.6 Å². The minimum absolute atomic E-state index is 0.897. The summed E-state index contributed by atoms with van der Waals surface area (Å²) in [7, 11) is 1.96. The lowest BCUT2D eigenvalue weighted by molar-refractivity contribution is 0.791. The van der Waals surface area contributed by atoms with Crippen LogP contribution in [0.25, 0.3) is 0 Å². The zero-order valence-corrected chi connectivity index (χ0v) is 8.35. The Kier molecular flexibility index (Phi) is 3.37. The Morgan fingerprint density at radius 3 is 2.82 bits per heavy atom. The summed E-state index contributed by atoms with van der Waals surface area (Å²) in [5.74, 6) is 0. The van der Waals surface area contributed by atoms with E-state index in [1.165, 1.54) is 10.4 Å². The zero-order valence-electron chi connectivity index (χ0n) is 6.78. The summed E-state index contributed by atoms with van der Waals surface area (Å²) in [6.45, 7) is 3.13. The lowest BCUT2D eigenvalue weighted by atomic mass is 10.2. The second-order valence-corrected chi connectivity index (χ2v) is 4.37. The molecule has 1 aromatic heterocycles. The molecule has 62 valence electrons. The number of thiophene rings is 1. The van der Waals surface area contributed by atoms with Crippen LogP contribution in [0.5, 0.6) is 0 Å². The van der Waals surface area contributed by atoms with Crippen molar-refractivity contribution in [3.05, 3.63) is 20.8 Å². The van der Waals surface area contributed by atoms with Crippen molar-refractivity contribution in [1.29, 1.82) is 0 Å². The van der Waals surface area contributed by atoms with Gasteiger partial charge in [-0.15, -0.1) is 11.3 Å². The predicted molar refractivity (Wildman–Crippen MR) is 51.7 cm³/mol. The monoisotopic (exact) mass is 189 g/mol. The highest BCUT2D eigenvalue weighted by Gasteiger charge is 2.01. The molecule has 1 nitrogen and oxygen atoms in total. The molecular weight excluding hydrogens is 178 g/mol. The molecule has 0 bridgehead atoms. The SMILES string of the molecule is CNCCc1cc(Cl)sc1C. The van der Waals surface area contributed by atoms with Crippen LogP contribution in [0.2, 0.25) is 4.34 Å². The van der Waals surface area contributed by atoms with E-state index < -0.39 is 0 Å². The molecule has 1 aromatic rings. The fourth-order valence-electron chi connectivity index (χ4n) is 0.988. The van der Waals surface area contributed by atoms with Gasteiger partial charge in [0.25, 0.3) is 0 Å². The van der Waals surface area contributed by atoms with Crippen molar-refractivity contribution in [2.24, 2.45) is 0 Å². The van der Waals surface area contributed by atoms with Crippen molar-refractivity contribution in [2.75, 3.05) is 13.6 Å². The number of nitrogens with one attached hydrogen (secondary N) is 1. The minimum Gasteiger partial charge on any atom is -0.319 e. The third-order valence-electron chi connectivity index (χ3n) is 1.63. The van der Waals surface area contributed by atoms with E-state index in [-0.39, 0.29) is 0 Å². The molecule has 1 N–H and O–H groups in total. The van der Waals surface area contributed by atoms with Gasteiger partial charge in [0.1, 0.15) is 0 Å². The molecule has 0 fully saturated rings. The van der Waals surface area contributed by atoms with Crippen LogP contribution >= 0.6 is 22.9 Å². The van der Waals surface area contributed by atoms with E-state index in [9.17, 15) is 0 Å². The molecule has 0 atom stereocenters. The van der Waals surface area contributed by atoms with Crippen LogP contribution in [-0.2, 0) is 6.42 Å². The van der Waals surface area contributed by atoms with Crippen LogP contribution in [0.15, 0.2) is 6.07 Å². The summed E-state index contributed by atoms with van der Waals surface area (Å²) in [6, 6.07) is 2.05. The molecule has 0 saturated carbocycles. The largest absolute Gasteiger partial charge is 0.319 e. The smallest absolute Gasteiger partial charge is 0.0933 e. The van der Waals surface area contributed by atoms with Gasteiger partial charge >= 0.3 is 0 Å². The number of aryl methyl sites for hydroxylation is 1. The third kappa shape index (κ3) is 2.47. The first kappa shape index (κ1) is 9.04. The molecule has 0 aromatic carbocycles. The summed E-state index contributed by atoms with van der Waals surface area (Å²) >= 11 is 7.50. The van der Waals surface area contributed by atoms with Crippen LogP contribution in [0.1, 0.15) is 10.4 Å². The van der Waals surface area contributed by atoms with Crippen molar-refractivity contribution in [3.63, 3.8) is 0 Å². The molecule has 0 amide bonds. The first-order chi connectivity index (χ1) is 5.24. The van der Waals surface area contributed by atoms with Gasteiger partial charge in [0, 0.05) is 4.88 Å². The number of rotatable bonds is 3. The highest BCUT2D eigenvalue weighted by atomic mass is 35.5. The van der Waals surface area contributed by atoms with E-state index >= 15 is 0 Å². The summed E-state index contributed by atoms with van der Waals surface area (Å²) in [4.78, 5) is 1.34. The summed E-state index contributed by atoms with van der Waals surface area (Å²) in [5.41, 5.74) is 1.37. The first-order valence-corrected chi connectivity index (χ1v) is 4.83. The van der Waals surface area contributed by atoms with E-state index in [1.807, 2.05) is 7.05 Å². The fraction of sp³-hybridized carbons (Fsp3) is 0.500. The van der Waals surface area contributed by atoms with Crippen LogP contribution < -0.4 is 5.32 Å². The molecule has 11 heavy (non-hydrogen) atoms. The van der Waals surface area contributed by atoms with Gasteiger partial charge in [-0.3, -0.25) is 0 Å². The van der Waals surface area contributed by atoms with E-state index in [1.54, 1.807) is 11.3 Å². The van der Waals surface area contributed by atoms with E-state index in [4.69, 9.17) is 11.6 Å². The number of hydrogen-bond donors (Lipinski definition) is 1. The Labute approximate surface area is 76.4 Å². The zero-order chi connectivity index (χ0) is 8.27. The van der Waals surface area contributed by atoms with Gasteiger partial charge in [0.05, 0.1) is 4.34 Å². The van der Waals surface area contributed by atoms with Gasteiger partial charge < -0.3 is 5.32 Å². The van der Waals surface area contributed by atoms with Gasteiger partial charge in [-0.1, -0.05) is 11.6 Å². The van der Waals surface area contributed by atoms with Crippen molar-refractivity contribution < 1.29 is 0 Å². The van der Waals surface area contributed by atoms with E-state index in [0.717, 1.165) is 17.3 Å². The summed E-state index contributed by atoms with van der Waals surface area (Å²) in [5, 5.41) is 3.11. The molecule has 0 spiro atoms. The van der Waals surface area contributed by atoms with Crippen molar-refractivity contribution >= 4 is 22.9 Å². The average Bonchev–Trinajstić information content (AvgIpc) is 2.26. The Balaban J connectivity index is 2.62. The topological polar surface area (TPSA) is 12.0 Å². The van der Waals surface area contributed by atoms with Gasteiger partial charge in [-0.2, -0.15) is 0 Å². The predicted octanol–water partition coefficient (Wildman–Crippen LogP) is 2.47. The average molecular weight is 190 g/mol. The van der Waals surface area contributed by atoms with Crippen molar-refractivity contribution in [1.82, 2.24) is 5.32 Å². The third-order valence-corrected chi connectivity index (χ3v) is 2.86. The molecule has 1 rings (SSSR count). The second-order valence-electron chi connectivity index (χ2n) is 2.49. The number of hydrogen-bond acceptors (Lipinski definition) is 2. The summed E-state index contributed by atoms with van der Waals surface area (Å²) < 4.78 is 0.897. The quantitative estimate of drug-likeness (QED) is 0.771. The molecule has 0 aliphatic rings. The fourth-order valence-corrected chi connectivity index (χ4v) is 2.25. The summed E-state index contributed by atoms with van der Waals surface area (Å²) in [6.07, 6.45) is 1.07. The van der Waals surface area contributed by atoms with E-state index in [2.05, 4.69) is 18.3 Å². The van der Waals surface area contributed by atoms with Crippen LogP contribution in [0, 0.1) is 6.92 Å². The molecular formula is C8H12ClNS. The van der Waals surface area contributed by atoms with Crippen molar-refractivity contribution in [3.8, 4) is 0 Å². The van der Waals surface area contributed by atoms with Crippen molar-refractivity contribution in [2.45, 2.75) is 13.3 Å². The maximum Gasteiger partial charge on any atom is 0.0933 e. The highest BCUT2D eigenvalue weighted by molar-refractivity contribution is 7.16. The molecule has 0 aliphatic carbocycles. The Hall–Kier alpha value is -0.0500. The van der Waals surface area contributed by atoms with Gasteiger partial charge in [0.15, 0.2) is 0 Å². The van der Waals surface area contributed by atoms with Crippen LogP contribution in [0.3, 0.4) is 0 Å². The number of likely N-dealkylation sites (N-methyl/N-ethyl adjacent to an activating group) is 1. The Morgan fingerprint density at radius 2 is 2.36 bits per heavy atom. The maximum absolute atomic E-state index is 5.84. The first-order valence-electron chi connectivity index (χ1n) is 3.63. The standard InChI is InChI=1S/C8H12ClNS/c1-6-7(3-4-10-2)5-8(9)11-6/h5,10H,3-4H2,1-2H3. The number of halogens is 1. The lowest BCUT2D eigenvalue weighted by Gasteiger charge is -1.96. The molecule has 0 aliphatic heterocycles. The molecule has 0 unspecified atom stereocenters. The lowest BCUT2D eigenvalue weighted by Crippen LogP contribution is -2.10. The second kappa shape index (κ2) is 4.10. The Morgan fingerprint density at radius 1 is 1.64 bits per heavy atom. The normalized spacial score (nSPS) is 10.5.